The fourth-order valence-electron chi connectivity index (χ4n) is 4.40. The first-order valence-corrected chi connectivity index (χ1v) is 11.7. The van der Waals surface area contributed by atoms with Gasteiger partial charge < -0.3 is 20.7 Å². The quantitative estimate of drug-likeness (QED) is 0.249. The maximum absolute atomic E-state index is 13.3. The fraction of sp³-hybridized carbons (Fsp3) is 0.259. The zero-order valence-electron chi connectivity index (χ0n) is 20.3. The molecule has 6 nitrogen and oxygen atoms in total. The van der Waals surface area contributed by atoms with Crippen molar-refractivity contribution in [3.63, 3.8) is 0 Å². The van der Waals surface area contributed by atoms with Gasteiger partial charge in [0.25, 0.3) is 5.95 Å². The van der Waals surface area contributed by atoms with Crippen LogP contribution in [0.25, 0.3) is 0 Å². The van der Waals surface area contributed by atoms with Crippen LogP contribution in [-0.2, 0) is 35.7 Å². The van der Waals surface area contributed by atoms with Crippen LogP contribution in [0.15, 0.2) is 83.4 Å². The van der Waals surface area contributed by atoms with Crippen molar-refractivity contribution in [1.82, 2.24) is 10.1 Å². The number of rotatable bonds is 9. The summed E-state index contributed by atoms with van der Waals surface area (Å²) in [6.07, 6.45) is -9.88. The van der Waals surface area contributed by atoms with E-state index >= 15 is 0 Å². The third-order valence-corrected chi connectivity index (χ3v) is 6.29. The van der Waals surface area contributed by atoms with Crippen LogP contribution in [0.3, 0.4) is 0 Å². The molecule has 0 amide bonds. The van der Waals surface area contributed by atoms with E-state index in [2.05, 4.69) is 10.1 Å². The van der Waals surface area contributed by atoms with Crippen molar-refractivity contribution in [2.75, 3.05) is 12.3 Å². The number of hydrogen-bond acceptors (Lipinski definition) is 6. The molecule has 1 aromatic heterocycles. The minimum Gasteiger partial charge on any atom is -0.376 e. The number of nitrogens with zero attached hydrogens (tertiary/aromatic N) is 2. The van der Waals surface area contributed by atoms with Crippen LogP contribution in [-0.4, -0.2) is 16.7 Å². The molecule has 0 spiro atoms. The Morgan fingerprint density at radius 2 is 1.28 bits per heavy atom. The molecule has 0 aliphatic carbocycles. The van der Waals surface area contributed by atoms with Crippen molar-refractivity contribution >= 4 is 5.95 Å². The summed E-state index contributed by atoms with van der Waals surface area (Å²) in [4.78, 5) is 4.03. The second kappa shape index (κ2) is 11.1. The molecule has 0 fully saturated rings. The normalized spacial score (nSPS) is 13.4. The molecule has 1 heterocycles. The van der Waals surface area contributed by atoms with E-state index < -0.39 is 41.5 Å². The summed E-state index contributed by atoms with van der Waals surface area (Å²) >= 11 is 0. The Bertz CT molecular complexity index is 1300. The molecule has 4 N–H and O–H groups in total. The summed E-state index contributed by atoms with van der Waals surface area (Å²) in [5, 5.41) is 3.59. The van der Waals surface area contributed by atoms with Crippen LogP contribution < -0.4 is 11.5 Å². The molecular formula is C27H24F6N4O2. The van der Waals surface area contributed by atoms with Crippen LogP contribution in [0.5, 0.6) is 0 Å². The first kappa shape index (κ1) is 28.1. The Morgan fingerprint density at radius 3 is 1.72 bits per heavy atom. The molecule has 0 saturated carbocycles. The number of nitrogens with two attached hydrogens (primary N) is 2. The van der Waals surface area contributed by atoms with E-state index in [1.807, 2.05) is 36.4 Å². The molecule has 12 heteroatoms. The highest BCUT2D eigenvalue weighted by atomic mass is 19.4. The number of aromatic nitrogens is 2. The average Bonchev–Trinajstić information content (AvgIpc) is 3.32. The summed E-state index contributed by atoms with van der Waals surface area (Å²) in [5.74, 6) is -0.619. The van der Waals surface area contributed by atoms with E-state index in [0.717, 1.165) is 0 Å². The van der Waals surface area contributed by atoms with E-state index in [9.17, 15) is 26.3 Å². The van der Waals surface area contributed by atoms with Gasteiger partial charge in [-0.2, -0.15) is 31.3 Å². The highest BCUT2D eigenvalue weighted by Crippen LogP contribution is 2.38. The number of halogens is 6. The van der Waals surface area contributed by atoms with Crippen molar-refractivity contribution < 1.29 is 35.6 Å². The lowest BCUT2D eigenvalue weighted by molar-refractivity contribution is -0.143. The number of hydrogen-bond donors (Lipinski definition) is 2. The lowest BCUT2D eigenvalue weighted by atomic mass is 9.72. The van der Waals surface area contributed by atoms with Crippen LogP contribution in [0.4, 0.5) is 32.3 Å². The minimum atomic E-state index is -4.97. The molecule has 0 aliphatic rings. The van der Waals surface area contributed by atoms with Gasteiger partial charge in [-0.15, -0.1) is 0 Å². The monoisotopic (exact) mass is 550 g/mol. The average molecular weight is 551 g/mol. The van der Waals surface area contributed by atoms with Crippen molar-refractivity contribution in [3.05, 3.63) is 113 Å². The summed E-state index contributed by atoms with van der Waals surface area (Å²) < 4.78 is 90.8. The van der Waals surface area contributed by atoms with Gasteiger partial charge in [0.15, 0.2) is 0 Å². The maximum Gasteiger partial charge on any atom is 0.416 e. The van der Waals surface area contributed by atoms with Gasteiger partial charge in [-0.25, -0.2) is 0 Å². The van der Waals surface area contributed by atoms with Gasteiger partial charge in [0.1, 0.15) is 0 Å². The highest BCUT2D eigenvalue weighted by molar-refractivity contribution is 5.39. The summed E-state index contributed by atoms with van der Waals surface area (Å²) in [7, 11) is 0. The van der Waals surface area contributed by atoms with Crippen LogP contribution in [0.2, 0.25) is 0 Å². The van der Waals surface area contributed by atoms with E-state index in [1.165, 1.54) is 0 Å². The molecule has 1 atom stereocenters. The third-order valence-electron chi connectivity index (χ3n) is 6.29. The molecule has 4 rings (SSSR count). The van der Waals surface area contributed by atoms with Gasteiger partial charge >= 0.3 is 12.4 Å². The van der Waals surface area contributed by atoms with Gasteiger partial charge in [-0.1, -0.05) is 60.7 Å². The Balaban J connectivity index is 1.69. The molecule has 39 heavy (non-hydrogen) atoms. The van der Waals surface area contributed by atoms with Crippen LogP contribution in [0.1, 0.15) is 33.7 Å². The molecule has 0 saturated heterocycles. The topological polar surface area (TPSA) is 100 Å². The molecular weight excluding hydrogens is 526 g/mol. The first-order valence-electron chi connectivity index (χ1n) is 11.7. The minimum absolute atomic E-state index is 0.0564. The second-order valence-electron chi connectivity index (χ2n) is 8.98. The van der Waals surface area contributed by atoms with Gasteiger partial charge in [0, 0.05) is 12.3 Å². The smallest absolute Gasteiger partial charge is 0.376 e. The Morgan fingerprint density at radius 1 is 0.769 bits per heavy atom. The molecule has 4 aromatic rings. The second-order valence-corrected chi connectivity index (χ2v) is 8.98. The third kappa shape index (κ3) is 6.58. The van der Waals surface area contributed by atoms with Gasteiger partial charge in [0.05, 0.1) is 29.9 Å². The van der Waals surface area contributed by atoms with Gasteiger partial charge in [-0.3, -0.25) is 0 Å². The summed E-state index contributed by atoms with van der Waals surface area (Å²) in [6, 6.07) is 19.4. The van der Waals surface area contributed by atoms with Crippen LogP contribution >= 0.6 is 0 Å². The number of ether oxygens (including phenoxy) is 1. The van der Waals surface area contributed by atoms with Gasteiger partial charge in [0.2, 0.25) is 5.89 Å². The Kier molecular flexibility index (Phi) is 7.98. The molecule has 0 radical (unpaired) electrons. The highest BCUT2D eigenvalue weighted by Gasteiger charge is 2.40. The van der Waals surface area contributed by atoms with E-state index in [4.69, 9.17) is 20.7 Å². The standard InChI is InChI=1S/C27H24F6N4O2/c28-26(29,30)20-11-17(12-21(13-20)27(31,32)33)15-38-16-22(14-23-36-24(34)37-39-23)25(35,18-7-3-1-4-8-18)19-9-5-2-6-10-19/h1-13,22H,14-16,35H2,(H2,34,37). The molecule has 0 bridgehead atoms. The summed E-state index contributed by atoms with van der Waals surface area (Å²) in [6.45, 7) is -0.713. The number of nitrogen functional groups attached to an aromatic ring is 1. The zero-order chi connectivity index (χ0) is 28.3. The Labute approximate surface area is 219 Å². The zero-order valence-corrected chi connectivity index (χ0v) is 20.3. The predicted octanol–water partition coefficient (Wildman–Crippen LogP) is 5.97. The molecule has 3 aromatic carbocycles. The predicted molar refractivity (Wildman–Crippen MR) is 130 cm³/mol. The molecule has 0 aliphatic heterocycles. The van der Waals surface area contributed by atoms with Gasteiger partial charge in [-0.05, 0) is 40.0 Å². The van der Waals surface area contributed by atoms with Crippen molar-refractivity contribution in [1.29, 1.82) is 0 Å². The number of anilines is 1. The van der Waals surface area contributed by atoms with E-state index in [-0.39, 0.29) is 36.5 Å². The van der Waals surface area contributed by atoms with Crippen molar-refractivity contribution in [2.24, 2.45) is 11.7 Å². The maximum atomic E-state index is 13.3. The first-order chi connectivity index (χ1) is 18.4. The number of benzene rings is 3. The summed E-state index contributed by atoms with van der Waals surface area (Å²) in [5.41, 5.74) is 9.70. The largest absolute Gasteiger partial charge is 0.416 e. The van der Waals surface area contributed by atoms with Crippen molar-refractivity contribution in [2.45, 2.75) is 30.9 Å². The van der Waals surface area contributed by atoms with E-state index in [1.54, 1.807) is 24.3 Å². The van der Waals surface area contributed by atoms with E-state index in [0.29, 0.717) is 23.3 Å². The van der Waals surface area contributed by atoms with Crippen LogP contribution in [0, 0.1) is 5.92 Å². The number of alkyl halides is 6. The molecule has 1 unspecified atom stereocenters. The lowest BCUT2D eigenvalue weighted by Gasteiger charge is -2.38. The molecule has 206 valence electrons. The van der Waals surface area contributed by atoms with Crippen molar-refractivity contribution in [3.8, 4) is 0 Å². The lowest BCUT2D eigenvalue weighted by Crippen LogP contribution is -2.48. The SMILES string of the molecule is Nc1noc(CC(COCc2cc(C(F)(F)F)cc(C(F)(F)F)c2)C(N)(c2ccccc2)c2ccccc2)n1. The Hall–Kier alpha value is -3.90. The fourth-order valence-corrected chi connectivity index (χ4v) is 4.40.